The normalized spacial score (nSPS) is 8.30. The van der Waals surface area contributed by atoms with Crippen LogP contribution >= 0.6 is 0 Å². The van der Waals surface area contributed by atoms with Gasteiger partial charge in [-0.3, -0.25) is 9.59 Å². The van der Waals surface area contributed by atoms with Crippen molar-refractivity contribution in [3.8, 4) is 0 Å². The molecular weight excluding hydrogens is 252 g/mol. The zero-order chi connectivity index (χ0) is 15.9. The Hall–Kier alpha value is -1.24. The summed E-state index contributed by atoms with van der Waals surface area (Å²) in [5.74, 6) is 0. The smallest absolute Gasteiger partial charge is 0.0159 e. The van der Waals surface area contributed by atoms with Crippen LogP contribution in [0.15, 0.2) is 0 Å². The van der Waals surface area contributed by atoms with Gasteiger partial charge in [-0.25, -0.2) is 0 Å². The quantitative estimate of drug-likeness (QED) is 0.285. The first-order valence-electron chi connectivity index (χ1n) is 7.77. The van der Waals surface area contributed by atoms with Gasteiger partial charge in [0.25, 0.3) is 0 Å². The number of carbonyl (C=O) groups excluding carboxylic acids is 2. The minimum absolute atomic E-state index is 0.500. The number of unbranched alkanes of at least 4 members (excludes halogenated alkanes) is 11. The molecule has 0 aliphatic heterocycles. The highest BCUT2D eigenvalue weighted by Crippen LogP contribution is 2.11. The maximum atomic E-state index is 8.24. The van der Waals surface area contributed by atoms with E-state index in [0.717, 1.165) is 0 Å². The topological polar surface area (TPSA) is 78.7 Å². The molecule has 4 heteroatoms. The summed E-state index contributed by atoms with van der Waals surface area (Å²) in [6, 6.07) is 0. The van der Waals surface area contributed by atoms with Crippen molar-refractivity contribution in [1.29, 1.82) is 0 Å². The first-order chi connectivity index (χ1) is 9.74. The lowest BCUT2D eigenvalue weighted by molar-refractivity contribution is 0.548. The molecule has 0 saturated heterocycles. The van der Waals surface area contributed by atoms with Crippen molar-refractivity contribution in [3.63, 3.8) is 0 Å². The Morgan fingerprint density at radius 3 is 0.850 bits per heavy atom. The second kappa shape index (κ2) is 30.6. The van der Waals surface area contributed by atoms with E-state index in [1.165, 1.54) is 77.0 Å². The van der Waals surface area contributed by atoms with Crippen molar-refractivity contribution in [2.24, 2.45) is 0 Å². The predicted molar refractivity (Wildman–Crippen MR) is 84.9 cm³/mol. The molecule has 0 aliphatic rings. The van der Waals surface area contributed by atoms with Crippen LogP contribution in [0.5, 0.6) is 0 Å². The minimum atomic E-state index is 0.500. The lowest BCUT2D eigenvalue weighted by atomic mass is 10.1. The largest absolute Gasteiger partial charge is 0.724 e. The SMILES string of the molecule is CCCCCCCCCCCCCC.[N-]=C=O.[N-]=C=O. The van der Waals surface area contributed by atoms with Crippen LogP contribution in [0.1, 0.15) is 90.9 Å². The van der Waals surface area contributed by atoms with Crippen LogP contribution in [0.4, 0.5) is 0 Å². The fraction of sp³-hybridized carbons (Fsp3) is 0.875. The molecule has 0 amide bonds. The van der Waals surface area contributed by atoms with Crippen molar-refractivity contribution in [1.82, 2.24) is 0 Å². The van der Waals surface area contributed by atoms with E-state index in [-0.39, 0.29) is 0 Å². The molecule has 0 aromatic carbocycles. The molecule has 0 saturated carbocycles. The lowest BCUT2D eigenvalue weighted by Gasteiger charge is -2.01. The van der Waals surface area contributed by atoms with Crippen LogP contribution in [0, 0.1) is 0 Å². The molecule has 0 atom stereocenters. The van der Waals surface area contributed by atoms with Crippen LogP contribution in [0.3, 0.4) is 0 Å². The Labute approximate surface area is 124 Å². The van der Waals surface area contributed by atoms with Gasteiger partial charge in [0.2, 0.25) is 0 Å². The second-order valence-electron chi connectivity index (χ2n) is 4.72. The van der Waals surface area contributed by atoms with Gasteiger partial charge in [0.05, 0.1) is 0 Å². The van der Waals surface area contributed by atoms with Crippen molar-refractivity contribution < 1.29 is 9.59 Å². The molecule has 0 fully saturated rings. The molecule has 0 heterocycles. The highest BCUT2D eigenvalue weighted by molar-refractivity contribution is 5.37. The third-order valence-corrected chi connectivity index (χ3v) is 2.96. The first kappa shape index (κ1) is 23.8. The second-order valence-corrected chi connectivity index (χ2v) is 4.72. The molecule has 118 valence electrons. The van der Waals surface area contributed by atoms with Gasteiger partial charge in [-0.05, 0) is 12.2 Å². The Morgan fingerprint density at radius 1 is 0.550 bits per heavy atom. The van der Waals surface area contributed by atoms with Gasteiger partial charge in [-0.2, -0.15) is 0 Å². The molecule has 0 bridgehead atoms. The molecule has 20 heavy (non-hydrogen) atoms. The fourth-order valence-electron chi connectivity index (χ4n) is 1.91. The van der Waals surface area contributed by atoms with E-state index in [4.69, 9.17) is 20.4 Å². The van der Waals surface area contributed by atoms with E-state index >= 15 is 0 Å². The van der Waals surface area contributed by atoms with Crippen LogP contribution in [0.2, 0.25) is 0 Å². The molecule has 0 rings (SSSR count). The maximum Gasteiger partial charge on any atom is -0.0159 e. The van der Waals surface area contributed by atoms with Crippen LogP contribution in [-0.4, -0.2) is 12.2 Å². The summed E-state index contributed by atoms with van der Waals surface area (Å²) in [6.45, 7) is 4.57. The van der Waals surface area contributed by atoms with Gasteiger partial charge in [0, 0.05) is 0 Å². The zero-order valence-electron chi connectivity index (χ0n) is 13.2. The van der Waals surface area contributed by atoms with Gasteiger partial charge in [0.15, 0.2) is 0 Å². The molecule has 4 nitrogen and oxygen atoms in total. The maximum absolute atomic E-state index is 8.24. The molecule has 0 radical (unpaired) electrons. The molecule has 0 spiro atoms. The number of hydrogen-bond donors (Lipinski definition) is 0. The van der Waals surface area contributed by atoms with E-state index in [9.17, 15) is 0 Å². The monoisotopic (exact) mass is 282 g/mol. The zero-order valence-corrected chi connectivity index (χ0v) is 13.2. The Morgan fingerprint density at radius 2 is 0.700 bits per heavy atom. The molecule has 0 aromatic heterocycles. The van der Waals surface area contributed by atoms with E-state index in [1.807, 2.05) is 0 Å². The van der Waals surface area contributed by atoms with Gasteiger partial charge < -0.3 is 10.8 Å². The highest BCUT2D eigenvalue weighted by Gasteiger charge is 1.91. The fourth-order valence-corrected chi connectivity index (χ4v) is 1.91. The number of hydrogen-bond acceptors (Lipinski definition) is 2. The van der Waals surface area contributed by atoms with Crippen molar-refractivity contribution in [3.05, 3.63) is 10.8 Å². The molecule has 0 unspecified atom stereocenters. The van der Waals surface area contributed by atoms with E-state index < -0.39 is 0 Å². The van der Waals surface area contributed by atoms with Crippen LogP contribution in [-0.2, 0) is 9.59 Å². The Kier molecular flexibility index (Phi) is 36.5. The summed E-state index contributed by atoms with van der Waals surface area (Å²) in [4.78, 5) is 16.5. The van der Waals surface area contributed by atoms with E-state index in [1.54, 1.807) is 0 Å². The third-order valence-electron chi connectivity index (χ3n) is 2.96. The van der Waals surface area contributed by atoms with E-state index in [2.05, 4.69) is 13.8 Å². The summed E-state index contributed by atoms with van der Waals surface area (Å²) in [6.07, 6.45) is 18.4. The van der Waals surface area contributed by atoms with Gasteiger partial charge >= 0.3 is 0 Å². The third kappa shape index (κ3) is 43.7. The summed E-state index contributed by atoms with van der Waals surface area (Å²) in [7, 11) is 0. The number of nitrogens with zero attached hydrogens (tertiary/aromatic N) is 2. The van der Waals surface area contributed by atoms with Gasteiger partial charge in [0.1, 0.15) is 0 Å². The molecule has 0 N–H and O–H groups in total. The average molecular weight is 282 g/mol. The van der Waals surface area contributed by atoms with E-state index in [0.29, 0.717) is 12.2 Å². The minimum Gasteiger partial charge on any atom is -0.724 e. The van der Waals surface area contributed by atoms with Gasteiger partial charge in [-0.1, -0.05) is 90.9 Å². The van der Waals surface area contributed by atoms with Gasteiger partial charge in [-0.15, -0.1) is 0 Å². The van der Waals surface area contributed by atoms with Crippen LogP contribution < -0.4 is 0 Å². The Balaban J connectivity index is -0.000000408. The predicted octanol–water partition coefficient (Wildman–Crippen LogP) is 5.49. The molecule has 0 aromatic rings. The summed E-state index contributed by atoms with van der Waals surface area (Å²) >= 11 is 0. The lowest BCUT2D eigenvalue weighted by Crippen LogP contribution is -1.81. The molecule has 0 aliphatic carbocycles. The summed E-state index contributed by atoms with van der Waals surface area (Å²) in [5, 5.41) is 13.5. The molecular formula is C16H30N2O2-2. The van der Waals surface area contributed by atoms with Crippen LogP contribution in [0.25, 0.3) is 10.8 Å². The summed E-state index contributed by atoms with van der Waals surface area (Å²) in [5.41, 5.74) is 0. The van der Waals surface area contributed by atoms with Crippen molar-refractivity contribution in [2.45, 2.75) is 90.9 Å². The number of isocyanates is 2. The average Bonchev–Trinajstić information content (AvgIpc) is 2.43. The first-order valence-corrected chi connectivity index (χ1v) is 7.77. The van der Waals surface area contributed by atoms with Crippen molar-refractivity contribution in [2.75, 3.05) is 0 Å². The number of rotatable bonds is 11. The Bertz CT molecular complexity index is 195. The highest BCUT2D eigenvalue weighted by atomic mass is 16.1. The summed E-state index contributed by atoms with van der Waals surface area (Å²) < 4.78 is 0. The standard InChI is InChI=1S/C14H30.2CNO/c1-3-5-7-9-11-13-14-12-10-8-6-4-2;2*2-1-3/h3-14H2,1-2H3;;/q;2*-1. The van der Waals surface area contributed by atoms with Crippen molar-refractivity contribution >= 4 is 12.2 Å².